The van der Waals surface area contributed by atoms with Gasteiger partial charge in [0.05, 0.1) is 6.61 Å². The summed E-state index contributed by atoms with van der Waals surface area (Å²) in [6, 6.07) is 4.93. The van der Waals surface area contributed by atoms with Crippen LogP contribution in [-0.4, -0.2) is 19.1 Å². The Morgan fingerprint density at radius 1 is 1.50 bits per heavy atom. The van der Waals surface area contributed by atoms with E-state index in [1.54, 1.807) is 6.07 Å². The Kier molecular flexibility index (Phi) is 4.18. The number of amides is 1. The topological polar surface area (TPSA) is 38.3 Å². The van der Waals surface area contributed by atoms with Crippen molar-refractivity contribution in [2.24, 2.45) is 5.92 Å². The van der Waals surface area contributed by atoms with Crippen molar-refractivity contribution in [2.75, 3.05) is 13.2 Å². The molecule has 0 aromatic heterocycles. The van der Waals surface area contributed by atoms with E-state index < -0.39 is 0 Å². The molecular formula is C14H18FNO2. The minimum Gasteiger partial charge on any atom is -0.491 e. The number of ether oxygens (including phenoxy) is 1. The highest BCUT2D eigenvalue weighted by molar-refractivity contribution is 5.80. The van der Waals surface area contributed by atoms with Gasteiger partial charge in [-0.1, -0.05) is 6.07 Å². The van der Waals surface area contributed by atoms with Crippen LogP contribution in [0.25, 0.3) is 0 Å². The smallest absolute Gasteiger partial charge is 0.223 e. The predicted octanol–water partition coefficient (Wildman–Crippen LogP) is 2.29. The molecule has 1 fully saturated rings. The predicted molar refractivity (Wildman–Crippen MR) is 67.0 cm³/mol. The van der Waals surface area contributed by atoms with Gasteiger partial charge in [0, 0.05) is 12.5 Å². The van der Waals surface area contributed by atoms with Crippen molar-refractivity contribution in [3.63, 3.8) is 0 Å². The summed E-state index contributed by atoms with van der Waals surface area (Å²) in [4.78, 5) is 11.4. The molecule has 0 radical (unpaired) electrons. The van der Waals surface area contributed by atoms with E-state index in [1.807, 2.05) is 13.0 Å². The summed E-state index contributed by atoms with van der Waals surface area (Å²) in [7, 11) is 0. The third-order valence-corrected chi connectivity index (χ3v) is 2.96. The molecule has 1 aliphatic carbocycles. The maximum absolute atomic E-state index is 13.5. The van der Waals surface area contributed by atoms with E-state index in [-0.39, 0.29) is 23.4 Å². The van der Waals surface area contributed by atoms with E-state index in [2.05, 4.69) is 5.32 Å². The van der Waals surface area contributed by atoms with Crippen LogP contribution in [0.2, 0.25) is 0 Å². The summed E-state index contributed by atoms with van der Waals surface area (Å²) < 4.78 is 18.7. The first kappa shape index (κ1) is 12.9. The zero-order chi connectivity index (χ0) is 13.0. The van der Waals surface area contributed by atoms with Gasteiger partial charge in [-0.15, -0.1) is 0 Å². The molecule has 0 unspecified atom stereocenters. The first-order chi connectivity index (χ1) is 8.70. The zero-order valence-electron chi connectivity index (χ0n) is 10.5. The van der Waals surface area contributed by atoms with Gasteiger partial charge in [0.2, 0.25) is 5.91 Å². The zero-order valence-corrected chi connectivity index (χ0v) is 10.5. The average molecular weight is 251 g/mol. The van der Waals surface area contributed by atoms with Crippen molar-refractivity contribution >= 4 is 5.91 Å². The van der Waals surface area contributed by atoms with Gasteiger partial charge >= 0.3 is 0 Å². The van der Waals surface area contributed by atoms with Crippen LogP contribution in [0.4, 0.5) is 4.39 Å². The number of carbonyl (C=O) groups is 1. The first-order valence-corrected chi connectivity index (χ1v) is 6.39. The quantitative estimate of drug-likeness (QED) is 0.842. The number of carbonyl (C=O) groups excluding carboxylic acids is 1. The Morgan fingerprint density at radius 3 is 2.89 bits per heavy atom. The van der Waals surface area contributed by atoms with Gasteiger partial charge in [0.15, 0.2) is 11.6 Å². The van der Waals surface area contributed by atoms with E-state index in [1.165, 1.54) is 6.07 Å². The molecule has 98 valence electrons. The molecule has 2 rings (SSSR count). The van der Waals surface area contributed by atoms with E-state index in [0.29, 0.717) is 19.6 Å². The van der Waals surface area contributed by atoms with Crippen LogP contribution in [-0.2, 0) is 11.2 Å². The molecular weight excluding hydrogens is 233 g/mol. The number of hydrogen-bond acceptors (Lipinski definition) is 2. The van der Waals surface area contributed by atoms with Crippen LogP contribution in [0.15, 0.2) is 18.2 Å². The summed E-state index contributed by atoms with van der Waals surface area (Å²) in [6.07, 6.45) is 2.65. The number of nitrogens with one attached hydrogen (secondary N) is 1. The van der Waals surface area contributed by atoms with Gasteiger partial charge in [-0.05, 0) is 43.9 Å². The summed E-state index contributed by atoms with van der Waals surface area (Å²) in [5, 5.41) is 2.86. The fourth-order valence-electron chi connectivity index (χ4n) is 1.79. The van der Waals surface area contributed by atoms with Crippen LogP contribution >= 0.6 is 0 Å². The maximum Gasteiger partial charge on any atom is 0.223 e. The van der Waals surface area contributed by atoms with Crippen LogP contribution in [0.1, 0.15) is 25.3 Å². The molecule has 1 aromatic carbocycles. The minimum absolute atomic E-state index is 0.126. The molecule has 4 heteroatoms. The highest BCUT2D eigenvalue weighted by Crippen LogP contribution is 2.28. The molecule has 1 N–H and O–H groups in total. The van der Waals surface area contributed by atoms with Crippen molar-refractivity contribution in [3.8, 4) is 5.75 Å². The van der Waals surface area contributed by atoms with Crippen LogP contribution in [0.3, 0.4) is 0 Å². The minimum atomic E-state index is -0.345. The van der Waals surface area contributed by atoms with Gasteiger partial charge in [-0.2, -0.15) is 0 Å². The summed E-state index contributed by atoms with van der Waals surface area (Å²) in [5.41, 5.74) is 0.868. The molecule has 0 atom stereocenters. The Hall–Kier alpha value is -1.58. The number of benzene rings is 1. The Labute approximate surface area is 106 Å². The second-order valence-electron chi connectivity index (χ2n) is 4.51. The van der Waals surface area contributed by atoms with E-state index in [0.717, 1.165) is 18.4 Å². The lowest BCUT2D eigenvalue weighted by Gasteiger charge is -2.07. The summed E-state index contributed by atoms with van der Waals surface area (Å²) >= 11 is 0. The monoisotopic (exact) mass is 251 g/mol. The van der Waals surface area contributed by atoms with Crippen molar-refractivity contribution < 1.29 is 13.9 Å². The van der Waals surface area contributed by atoms with Crippen molar-refractivity contribution in [3.05, 3.63) is 29.6 Å². The lowest BCUT2D eigenvalue weighted by molar-refractivity contribution is -0.122. The lowest BCUT2D eigenvalue weighted by Crippen LogP contribution is -2.26. The Morgan fingerprint density at radius 2 is 2.28 bits per heavy atom. The molecule has 0 bridgehead atoms. The molecule has 0 heterocycles. The lowest BCUT2D eigenvalue weighted by atomic mass is 10.1. The average Bonchev–Trinajstić information content (AvgIpc) is 3.16. The molecule has 1 aromatic rings. The van der Waals surface area contributed by atoms with Crippen LogP contribution in [0, 0.1) is 11.7 Å². The van der Waals surface area contributed by atoms with Gasteiger partial charge in [0.1, 0.15) is 0 Å². The van der Waals surface area contributed by atoms with Gasteiger partial charge < -0.3 is 10.1 Å². The third kappa shape index (κ3) is 3.45. The van der Waals surface area contributed by atoms with E-state index >= 15 is 0 Å². The summed E-state index contributed by atoms with van der Waals surface area (Å²) in [6.45, 7) is 2.83. The van der Waals surface area contributed by atoms with Crippen molar-refractivity contribution in [1.29, 1.82) is 0 Å². The molecule has 3 nitrogen and oxygen atoms in total. The molecule has 1 saturated carbocycles. The summed E-state index contributed by atoms with van der Waals surface area (Å²) in [5.74, 6) is 0.287. The Balaban J connectivity index is 1.81. The number of hydrogen-bond donors (Lipinski definition) is 1. The van der Waals surface area contributed by atoms with Crippen molar-refractivity contribution in [1.82, 2.24) is 5.32 Å². The molecule has 0 spiro atoms. The van der Waals surface area contributed by atoms with Crippen LogP contribution in [0.5, 0.6) is 5.75 Å². The van der Waals surface area contributed by atoms with Crippen molar-refractivity contribution in [2.45, 2.75) is 26.2 Å². The number of rotatable bonds is 6. The molecule has 1 amide bonds. The maximum atomic E-state index is 13.5. The molecule has 0 saturated heterocycles. The van der Waals surface area contributed by atoms with Gasteiger partial charge in [0.25, 0.3) is 0 Å². The highest BCUT2D eigenvalue weighted by atomic mass is 19.1. The first-order valence-electron chi connectivity index (χ1n) is 6.39. The highest BCUT2D eigenvalue weighted by Gasteiger charge is 2.28. The largest absolute Gasteiger partial charge is 0.491 e. The number of halogens is 1. The Bertz CT molecular complexity index is 430. The van der Waals surface area contributed by atoms with Gasteiger partial charge in [-0.3, -0.25) is 4.79 Å². The second-order valence-corrected chi connectivity index (χ2v) is 4.51. The van der Waals surface area contributed by atoms with E-state index in [4.69, 9.17) is 4.74 Å². The molecule has 0 aliphatic heterocycles. The fraction of sp³-hybridized carbons (Fsp3) is 0.500. The normalized spacial score (nSPS) is 14.3. The molecule has 18 heavy (non-hydrogen) atoms. The van der Waals surface area contributed by atoms with E-state index in [9.17, 15) is 9.18 Å². The second kappa shape index (κ2) is 5.85. The SMILES string of the molecule is CCOc1ccc(CCNC(=O)C2CC2)cc1F. The fourth-order valence-corrected chi connectivity index (χ4v) is 1.79. The van der Waals surface area contributed by atoms with Gasteiger partial charge in [-0.25, -0.2) is 4.39 Å². The standard InChI is InChI=1S/C14H18FNO2/c1-2-18-13-6-3-10(9-12(13)15)7-8-16-14(17)11-4-5-11/h3,6,9,11H,2,4-5,7-8H2,1H3,(H,16,17). The van der Waals surface area contributed by atoms with Crippen LogP contribution < -0.4 is 10.1 Å². The molecule has 1 aliphatic rings. The third-order valence-electron chi connectivity index (χ3n) is 2.96.